The molecule has 2 nitrogen and oxygen atoms in total. The van der Waals surface area contributed by atoms with Gasteiger partial charge in [0.2, 0.25) is 0 Å². The quantitative estimate of drug-likeness (QED) is 0.713. The lowest BCUT2D eigenvalue weighted by Crippen LogP contribution is -2.24. The summed E-state index contributed by atoms with van der Waals surface area (Å²) in [6.45, 7) is 5.35. The molecule has 82 valence electrons. The number of carbonyl (C=O) groups excluding carboxylic acids is 1. The van der Waals surface area contributed by atoms with Crippen molar-refractivity contribution in [3.8, 4) is 0 Å². The molecule has 0 atom stereocenters. The van der Waals surface area contributed by atoms with Gasteiger partial charge in [-0.1, -0.05) is 36.9 Å². The minimum Gasteiger partial charge on any atom is -0.334 e. The van der Waals surface area contributed by atoms with E-state index in [0.717, 1.165) is 13.1 Å². The number of allylic oxidation sites excluding steroid dienone is 6. The van der Waals surface area contributed by atoms with Crippen molar-refractivity contribution in [3.63, 3.8) is 0 Å². The summed E-state index contributed by atoms with van der Waals surface area (Å²) in [6, 6.07) is 0. The Morgan fingerprint density at radius 2 is 1.73 bits per heavy atom. The normalized spacial score (nSPS) is 15.4. The molecule has 0 aromatic rings. The third-order valence-corrected chi connectivity index (χ3v) is 2.75. The fourth-order valence-electron chi connectivity index (χ4n) is 1.50. The molecule has 0 aromatic heterocycles. The minimum absolute atomic E-state index is 0.144. The van der Waals surface area contributed by atoms with E-state index in [1.165, 1.54) is 17.6 Å². The molecule has 2 bridgehead atoms. The average molecular weight is 223 g/mol. The van der Waals surface area contributed by atoms with Gasteiger partial charge in [-0.3, -0.25) is 4.79 Å². The Labute approximate surface area is 96.8 Å². The summed E-state index contributed by atoms with van der Waals surface area (Å²) in [5.74, 6) is 0. The fourth-order valence-corrected chi connectivity index (χ4v) is 1.79. The van der Waals surface area contributed by atoms with Gasteiger partial charge in [0.25, 0.3) is 5.24 Å². The van der Waals surface area contributed by atoms with E-state index < -0.39 is 0 Å². The first-order valence-electron chi connectivity index (χ1n) is 5.23. The molecule has 0 saturated heterocycles. The molecule has 0 heterocycles. The Balaban J connectivity index is 0.000000150. The van der Waals surface area contributed by atoms with Crippen molar-refractivity contribution in [2.45, 2.75) is 20.3 Å². The van der Waals surface area contributed by atoms with E-state index in [9.17, 15) is 4.79 Å². The molecule has 0 spiro atoms. The standard InChI is InChI=1S/C7H6.C5H11NOS/c1-2-7-4-3-6(1)5-7;1-3-6(4-2)5(7)8/h1-4H,5H2;3-4H2,1-2H3,(H,7,8). The Morgan fingerprint density at radius 3 is 1.80 bits per heavy atom. The highest BCUT2D eigenvalue weighted by atomic mass is 32.1. The van der Waals surface area contributed by atoms with Crippen molar-refractivity contribution < 1.29 is 4.79 Å². The minimum atomic E-state index is -0.144. The molecule has 0 N–H and O–H groups in total. The van der Waals surface area contributed by atoms with Gasteiger partial charge in [0.15, 0.2) is 0 Å². The van der Waals surface area contributed by atoms with Gasteiger partial charge in [-0.2, -0.15) is 0 Å². The largest absolute Gasteiger partial charge is 0.334 e. The SMILES string of the molecule is C1=CC2=CC=C1C2.CCN(CC)C(=O)S. The van der Waals surface area contributed by atoms with Crippen LogP contribution in [0.1, 0.15) is 20.3 Å². The number of fused-ring (bicyclic) bond motifs is 2. The number of hydrogen-bond acceptors (Lipinski definition) is 1. The lowest BCUT2D eigenvalue weighted by molar-refractivity contribution is 0.229. The second-order valence-corrected chi connectivity index (χ2v) is 3.83. The monoisotopic (exact) mass is 223 g/mol. The Bertz CT molecular complexity index is 305. The molecule has 0 saturated carbocycles. The predicted octanol–water partition coefficient (Wildman–Crippen LogP) is 3.19. The van der Waals surface area contributed by atoms with Crippen LogP contribution in [-0.2, 0) is 0 Å². The van der Waals surface area contributed by atoms with Crippen molar-refractivity contribution in [3.05, 3.63) is 35.5 Å². The number of nitrogens with zero attached hydrogens (tertiary/aromatic N) is 1. The molecule has 2 rings (SSSR count). The molecule has 15 heavy (non-hydrogen) atoms. The van der Waals surface area contributed by atoms with Gasteiger partial charge in [-0.15, -0.1) is 0 Å². The van der Waals surface area contributed by atoms with Crippen LogP contribution in [0.5, 0.6) is 0 Å². The third-order valence-electron chi connectivity index (χ3n) is 2.47. The van der Waals surface area contributed by atoms with E-state index in [4.69, 9.17) is 0 Å². The van der Waals surface area contributed by atoms with Crippen molar-refractivity contribution in [1.29, 1.82) is 0 Å². The Morgan fingerprint density at radius 1 is 1.27 bits per heavy atom. The summed E-state index contributed by atoms with van der Waals surface area (Å²) in [5, 5.41) is -0.144. The topological polar surface area (TPSA) is 20.3 Å². The van der Waals surface area contributed by atoms with E-state index in [-0.39, 0.29) is 5.24 Å². The van der Waals surface area contributed by atoms with Crippen LogP contribution in [0.15, 0.2) is 35.5 Å². The van der Waals surface area contributed by atoms with Gasteiger partial charge in [-0.05, 0) is 31.4 Å². The molecular formula is C12H17NOS. The first-order valence-corrected chi connectivity index (χ1v) is 5.67. The number of carbonyl (C=O) groups is 1. The summed E-state index contributed by atoms with van der Waals surface area (Å²) in [7, 11) is 0. The molecule has 0 radical (unpaired) electrons. The average Bonchev–Trinajstić information content (AvgIpc) is 2.83. The lowest BCUT2D eigenvalue weighted by atomic mass is 10.3. The lowest BCUT2D eigenvalue weighted by Gasteiger charge is -2.13. The maximum absolute atomic E-state index is 10.4. The van der Waals surface area contributed by atoms with Crippen LogP contribution in [0.3, 0.4) is 0 Å². The number of amides is 1. The first kappa shape index (κ1) is 12.1. The molecule has 3 heteroatoms. The van der Waals surface area contributed by atoms with Crippen LogP contribution in [0, 0.1) is 0 Å². The fraction of sp³-hybridized carbons (Fsp3) is 0.417. The third kappa shape index (κ3) is 3.59. The van der Waals surface area contributed by atoms with Gasteiger partial charge in [0.05, 0.1) is 0 Å². The molecule has 2 aliphatic rings. The van der Waals surface area contributed by atoms with Crippen LogP contribution in [0.4, 0.5) is 4.79 Å². The second kappa shape index (κ2) is 5.81. The van der Waals surface area contributed by atoms with Crippen LogP contribution in [0.25, 0.3) is 0 Å². The van der Waals surface area contributed by atoms with Crippen molar-refractivity contribution in [1.82, 2.24) is 4.90 Å². The maximum Gasteiger partial charge on any atom is 0.278 e. The Hall–Kier alpha value is -0.960. The summed E-state index contributed by atoms with van der Waals surface area (Å²) < 4.78 is 0. The van der Waals surface area contributed by atoms with Crippen LogP contribution >= 0.6 is 12.6 Å². The van der Waals surface area contributed by atoms with Crippen LogP contribution in [0.2, 0.25) is 0 Å². The molecule has 2 aliphatic carbocycles. The van der Waals surface area contributed by atoms with Crippen LogP contribution in [-0.4, -0.2) is 23.2 Å². The number of rotatable bonds is 2. The molecule has 1 amide bonds. The summed E-state index contributed by atoms with van der Waals surface area (Å²) >= 11 is 3.64. The zero-order chi connectivity index (χ0) is 11.3. The van der Waals surface area contributed by atoms with E-state index in [2.05, 4.69) is 36.9 Å². The highest BCUT2D eigenvalue weighted by molar-refractivity contribution is 7.96. The zero-order valence-corrected chi connectivity index (χ0v) is 10.1. The Kier molecular flexibility index (Phi) is 4.69. The molecular weight excluding hydrogens is 206 g/mol. The van der Waals surface area contributed by atoms with Gasteiger partial charge >= 0.3 is 0 Å². The van der Waals surface area contributed by atoms with E-state index in [1.54, 1.807) is 4.90 Å². The molecule has 0 fully saturated rings. The highest BCUT2D eigenvalue weighted by Crippen LogP contribution is 2.27. The van der Waals surface area contributed by atoms with E-state index in [1.807, 2.05) is 13.8 Å². The summed E-state index contributed by atoms with van der Waals surface area (Å²) in [5.41, 5.74) is 2.94. The van der Waals surface area contributed by atoms with Gasteiger partial charge in [0, 0.05) is 13.1 Å². The molecule has 0 aliphatic heterocycles. The summed E-state index contributed by atoms with van der Waals surface area (Å²) in [6.07, 6.45) is 9.90. The smallest absolute Gasteiger partial charge is 0.278 e. The van der Waals surface area contributed by atoms with Crippen molar-refractivity contribution in [2.75, 3.05) is 13.1 Å². The van der Waals surface area contributed by atoms with Crippen LogP contribution < -0.4 is 0 Å². The number of thiol groups is 1. The summed E-state index contributed by atoms with van der Waals surface area (Å²) in [4.78, 5) is 12.0. The molecule has 0 aromatic carbocycles. The first-order chi connectivity index (χ1) is 7.17. The van der Waals surface area contributed by atoms with Gasteiger partial charge in [-0.25, -0.2) is 0 Å². The maximum atomic E-state index is 10.4. The van der Waals surface area contributed by atoms with Crippen molar-refractivity contribution >= 4 is 17.9 Å². The van der Waals surface area contributed by atoms with Gasteiger partial charge in [0.1, 0.15) is 0 Å². The van der Waals surface area contributed by atoms with Crippen molar-refractivity contribution in [2.24, 2.45) is 0 Å². The van der Waals surface area contributed by atoms with E-state index >= 15 is 0 Å². The molecule has 0 unspecified atom stereocenters. The predicted molar refractivity (Wildman–Crippen MR) is 67.2 cm³/mol. The van der Waals surface area contributed by atoms with E-state index in [0.29, 0.717) is 0 Å². The second-order valence-electron chi connectivity index (χ2n) is 3.45. The highest BCUT2D eigenvalue weighted by Gasteiger charge is 2.07. The van der Waals surface area contributed by atoms with Gasteiger partial charge < -0.3 is 4.90 Å². The zero-order valence-electron chi connectivity index (χ0n) is 9.23. The number of hydrogen-bond donors (Lipinski definition) is 1.